The van der Waals surface area contributed by atoms with Crippen LogP contribution in [-0.2, 0) is 4.79 Å². The first kappa shape index (κ1) is 18.3. The van der Waals surface area contributed by atoms with Gasteiger partial charge in [-0.05, 0) is 24.3 Å². The molecule has 0 aromatic heterocycles. The van der Waals surface area contributed by atoms with Crippen LogP contribution >= 0.6 is 23.4 Å². The van der Waals surface area contributed by atoms with E-state index in [9.17, 15) is 4.79 Å². The average molecular weight is 389 g/mol. The first-order chi connectivity index (χ1) is 12.6. The molecule has 134 valence electrons. The molecule has 2 aromatic carbocycles. The van der Waals surface area contributed by atoms with E-state index in [2.05, 4.69) is 15.4 Å². The molecule has 0 saturated heterocycles. The van der Waals surface area contributed by atoms with Crippen molar-refractivity contribution in [2.45, 2.75) is 0 Å². The summed E-state index contributed by atoms with van der Waals surface area (Å²) in [5, 5.41) is 9.77. The standard InChI is InChI=1S/C18H17ClN4O2S/c1-23-11-17(25-13-7-3-2-4-8-13)21-18(22-23)26-12-16(24)20-15-10-6-5-9-14(15)19/h2-10H,11-12H2,1H3,(H,20,24). The number of aliphatic imine (C=N–C) groups is 1. The van der Waals surface area contributed by atoms with Crippen LogP contribution in [0.1, 0.15) is 0 Å². The first-order valence-corrected chi connectivity index (χ1v) is 9.24. The fourth-order valence-electron chi connectivity index (χ4n) is 2.16. The maximum absolute atomic E-state index is 12.1. The number of halogens is 1. The third-order valence-electron chi connectivity index (χ3n) is 3.30. The lowest BCUT2D eigenvalue weighted by Crippen LogP contribution is -2.31. The molecule has 3 rings (SSSR count). The summed E-state index contributed by atoms with van der Waals surface area (Å²) >= 11 is 7.28. The number of carbonyl (C=O) groups is 1. The van der Waals surface area contributed by atoms with Gasteiger partial charge in [-0.2, -0.15) is 4.99 Å². The Bertz CT molecular complexity index is 842. The highest BCUT2D eigenvalue weighted by atomic mass is 35.5. The number of rotatable bonds is 4. The summed E-state index contributed by atoms with van der Waals surface area (Å²) < 4.78 is 5.77. The minimum absolute atomic E-state index is 0.167. The molecule has 1 aliphatic rings. The monoisotopic (exact) mass is 388 g/mol. The Morgan fingerprint density at radius 3 is 2.73 bits per heavy atom. The molecule has 1 amide bonds. The van der Waals surface area contributed by atoms with Crippen molar-refractivity contribution >= 4 is 46.0 Å². The molecular formula is C18H17ClN4O2S. The van der Waals surface area contributed by atoms with Gasteiger partial charge in [0.05, 0.1) is 16.5 Å². The minimum Gasteiger partial charge on any atom is -0.441 e. The summed E-state index contributed by atoms with van der Waals surface area (Å²) in [5.74, 6) is 1.23. The fraction of sp³-hybridized carbons (Fsp3) is 0.167. The van der Waals surface area contributed by atoms with Crippen molar-refractivity contribution in [1.29, 1.82) is 0 Å². The zero-order chi connectivity index (χ0) is 18.4. The van der Waals surface area contributed by atoms with Crippen LogP contribution in [0.5, 0.6) is 5.75 Å². The lowest BCUT2D eigenvalue weighted by atomic mass is 10.3. The Hall–Kier alpha value is -2.51. The van der Waals surface area contributed by atoms with Gasteiger partial charge in [0.2, 0.25) is 17.0 Å². The minimum atomic E-state index is -0.181. The van der Waals surface area contributed by atoms with Gasteiger partial charge in [0, 0.05) is 7.05 Å². The van der Waals surface area contributed by atoms with Crippen molar-refractivity contribution in [2.75, 3.05) is 24.7 Å². The quantitative estimate of drug-likeness (QED) is 0.867. The predicted octanol–water partition coefficient (Wildman–Crippen LogP) is 3.71. The van der Waals surface area contributed by atoms with Crippen molar-refractivity contribution in [3.63, 3.8) is 0 Å². The molecule has 0 saturated carbocycles. The zero-order valence-corrected chi connectivity index (χ0v) is 15.6. The van der Waals surface area contributed by atoms with E-state index in [0.717, 1.165) is 0 Å². The first-order valence-electron chi connectivity index (χ1n) is 7.87. The smallest absolute Gasteiger partial charge is 0.234 e. The SMILES string of the molecule is CN1CC(Oc2ccccc2)=NC(SCC(=O)Nc2ccccc2Cl)=N1. The maximum Gasteiger partial charge on any atom is 0.234 e. The number of hydrazone groups is 1. The van der Waals surface area contributed by atoms with Crippen molar-refractivity contribution in [1.82, 2.24) is 5.01 Å². The number of benzene rings is 2. The van der Waals surface area contributed by atoms with Gasteiger partial charge in [0.1, 0.15) is 12.3 Å². The molecule has 1 N–H and O–H groups in total. The van der Waals surface area contributed by atoms with Crippen LogP contribution in [0.3, 0.4) is 0 Å². The van der Waals surface area contributed by atoms with Gasteiger partial charge in [0.15, 0.2) is 0 Å². The molecule has 1 heterocycles. The molecule has 1 aliphatic heterocycles. The van der Waals surface area contributed by atoms with E-state index in [-0.39, 0.29) is 11.7 Å². The third-order valence-corrected chi connectivity index (χ3v) is 4.47. The van der Waals surface area contributed by atoms with E-state index in [1.165, 1.54) is 11.8 Å². The summed E-state index contributed by atoms with van der Waals surface area (Å²) in [5.41, 5.74) is 0.582. The average Bonchev–Trinajstić information content (AvgIpc) is 2.62. The molecule has 0 unspecified atom stereocenters. The van der Waals surface area contributed by atoms with Crippen LogP contribution in [0.25, 0.3) is 0 Å². The molecule has 8 heteroatoms. The topological polar surface area (TPSA) is 66.3 Å². The Labute approximate surface area is 160 Å². The number of hydrogen-bond acceptors (Lipinski definition) is 6. The van der Waals surface area contributed by atoms with Gasteiger partial charge in [-0.25, -0.2) is 0 Å². The predicted molar refractivity (Wildman–Crippen MR) is 107 cm³/mol. The Balaban J connectivity index is 1.58. The van der Waals surface area contributed by atoms with Crippen LogP contribution in [-0.4, -0.2) is 41.3 Å². The lowest BCUT2D eigenvalue weighted by molar-refractivity contribution is -0.113. The number of hydrogen-bond donors (Lipinski definition) is 1. The number of nitrogens with zero attached hydrogens (tertiary/aromatic N) is 3. The number of amidine groups is 1. The normalized spacial score (nSPS) is 13.7. The summed E-state index contributed by atoms with van der Waals surface area (Å²) in [7, 11) is 1.83. The van der Waals surface area contributed by atoms with Crippen molar-refractivity contribution < 1.29 is 9.53 Å². The third kappa shape index (κ3) is 5.24. The molecule has 2 aromatic rings. The van der Waals surface area contributed by atoms with E-state index in [0.29, 0.717) is 34.1 Å². The number of amides is 1. The highest BCUT2D eigenvalue weighted by molar-refractivity contribution is 8.14. The Morgan fingerprint density at radius 1 is 1.23 bits per heavy atom. The van der Waals surface area contributed by atoms with Crippen molar-refractivity contribution in [3.05, 3.63) is 59.6 Å². The number of para-hydroxylation sites is 2. The highest BCUT2D eigenvalue weighted by Gasteiger charge is 2.16. The van der Waals surface area contributed by atoms with Gasteiger partial charge < -0.3 is 10.1 Å². The van der Waals surface area contributed by atoms with Gasteiger partial charge in [-0.3, -0.25) is 9.80 Å². The van der Waals surface area contributed by atoms with Crippen LogP contribution in [0.2, 0.25) is 5.02 Å². The summed E-state index contributed by atoms with van der Waals surface area (Å²) in [6, 6.07) is 16.5. The number of nitrogens with one attached hydrogen (secondary N) is 1. The Kier molecular flexibility index (Phi) is 6.14. The van der Waals surface area contributed by atoms with Crippen LogP contribution in [0.15, 0.2) is 64.7 Å². The summed E-state index contributed by atoms with van der Waals surface area (Å²) in [6.07, 6.45) is 0. The largest absolute Gasteiger partial charge is 0.441 e. The van der Waals surface area contributed by atoms with E-state index in [4.69, 9.17) is 16.3 Å². The number of thioether (sulfide) groups is 1. The van der Waals surface area contributed by atoms with Crippen LogP contribution < -0.4 is 10.1 Å². The molecule has 0 radical (unpaired) electrons. The number of carbonyl (C=O) groups excluding carboxylic acids is 1. The molecule has 0 aliphatic carbocycles. The second-order valence-electron chi connectivity index (χ2n) is 5.44. The molecule has 0 atom stereocenters. The van der Waals surface area contributed by atoms with Gasteiger partial charge >= 0.3 is 0 Å². The maximum atomic E-state index is 12.1. The summed E-state index contributed by atoms with van der Waals surface area (Å²) in [4.78, 5) is 16.5. The van der Waals surface area contributed by atoms with Crippen LogP contribution in [0, 0.1) is 0 Å². The Morgan fingerprint density at radius 2 is 1.96 bits per heavy atom. The van der Waals surface area contributed by atoms with Gasteiger partial charge in [0.25, 0.3) is 0 Å². The van der Waals surface area contributed by atoms with Crippen molar-refractivity contribution in [2.24, 2.45) is 10.1 Å². The van der Waals surface area contributed by atoms with Crippen molar-refractivity contribution in [3.8, 4) is 5.75 Å². The molecule has 0 spiro atoms. The van der Waals surface area contributed by atoms with Gasteiger partial charge in [-0.15, -0.1) is 5.10 Å². The number of ether oxygens (including phenoxy) is 1. The number of anilines is 1. The van der Waals surface area contributed by atoms with E-state index in [1.54, 1.807) is 17.1 Å². The molecule has 6 nitrogen and oxygen atoms in total. The highest BCUT2D eigenvalue weighted by Crippen LogP contribution is 2.21. The lowest BCUT2D eigenvalue weighted by Gasteiger charge is -2.20. The molecular weight excluding hydrogens is 372 g/mol. The fourth-order valence-corrected chi connectivity index (χ4v) is 3.04. The molecule has 26 heavy (non-hydrogen) atoms. The second kappa shape index (κ2) is 8.73. The van der Waals surface area contributed by atoms with Gasteiger partial charge in [-0.1, -0.05) is 53.7 Å². The van der Waals surface area contributed by atoms with E-state index >= 15 is 0 Å². The second-order valence-corrected chi connectivity index (χ2v) is 6.79. The number of likely N-dealkylation sites (N-methyl/N-ethyl adjacent to an activating group) is 1. The van der Waals surface area contributed by atoms with Crippen LogP contribution in [0.4, 0.5) is 5.69 Å². The summed E-state index contributed by atoms with van der Waals surface area (Å²) in [6.45, 7) is 0.463. The molecule has 0 bridgehead atoms. The zero-order valence-electron chi connectivity index (χ0n) is 14.1. The van der Waals surface area contributed by atoms with E-state index in [1.807, 2.05) is 49.5 Å². The molecule has 0 fully saturated rings. The van der Waals surface area contributed by atoms with E-state index < -0.39 is 0 Å².